The Hall–Kier alpha value is -1.90. The van der Waals surface area contributed by atoms with Crippen LogP contribution in [0.2, 0.25) is 10.0 Å². The number of carbonyl (C=O) groups excluding carboxylic acids is 1. The predicted octanol–water partition coefficient (Wildman–Crippen LogP) is 7.33. The van der Waals surface area contributed by atoms with Crippen molar-refractivity contribution in [2.75, 3.05) is 12.4 Å². The fourth-order valence-electron chi connectivity index (χ4n) is 6.03. The van der Waals surface area contributed by atoms with Crippen LogP contribution in [0.1, 0.15) is 77.0 Å². The molecule has 5 atom stereocenters. The smallest absolute Gasteiger partial charge is 0.229 e. The average molecular weight is 609 g/mol. The maximum Gasteiger partial charge on any atom is 0.229 e. The molecule has 4 rings (SSSR count). The summed E-state index contributed by atoms with van der Waals surface area (Å²) >= 11 is 12.7. The van der Waals surface area contributed by atoms with Gasteiger partial charge in [-0.15, -0.1) is 0 Å². The van der Waals surface area contributed by atoms with E-state index in [-0.39, 0.29) is 29.7 Å². The maximum atomic E-state index is 14.7. The van der Waals surface area contributed by atoms with Gasteiger partial charge in [-0.3, -0.25) is 4.79 Å². The van der Waals surface area contributed by atoms with Crippen molar-refractivity contribution < 1.29 is 22.7 Å². The monoisotopic (exact) mass is 607 g/mol. The van der Waals surface area contributed by atoms with Crippen molar-refractivity contribution in [2.45, 2.75) is 83.8 Å². The Balaban J connectivity index is 1.87. The first-order valence-electron chi connectivity index (χ1n) is 13.8. The molecule has 218 valence electrons. The van der Waals surface area contributed by atoms with Crippen molar-refractivity contribution in [1.82, 2.24) is 4.90 Å². The average Bonchev–Trinajstić information content (AvgIpc) is 3.24. The Kier molecular flexibility index (Phi) is 9.42. The third-order valence-electron chi connectivity index (χ3n) is 8.02. The Bertz CT molecular complexity index is 1340. The number of piperidine rings is 1. The lowest BCUT2D eigenvalue weighted by atomic mass is 9.66. The van der Waals surface area contributed by atoms with Gasteiger partial charge >= 0.3 is 0 Å². The summed E-state index contributed by atoms with van der Waals surface area (Å²) in [6, 6.07) is 14.5. The Morgan fingerprint density at radius 3 is 2.33 bits per heavy atom. The van der Waals surface area contributed by atoms with Gasteiger partial charge in [-0.1, -0.05) is 74.3 Å². The number of carbonyl (C=O) groups is 1. The predicted molar refractivity (Wildman–Crippen MR) is 160 cm³/mol. The van der Waals surface area contributed by atoms with Crippen molar-refractivity contribution in [2.24, 2.45) is 5.41 Å². The molecule has 6 nitrogen and oxygen atoms in total. The molecule has 9 heteroatoms. The van der Waals surface area contributed by atoms with Crippen LogP contribution >= 0.6 is 23.2 Å². The quantitative estimate of drug-likeness (QED) is 0.298. The van der Waals surface area contributed by atoms with Crippen molar-refractivity contribution >= 4 is 38.9 Å². The molecule has 0 aromatic heterocycles. The summed E-state index contributed by atoms with van der Waals surface area (Å²) in [6.45, 7) is 9.73. The minimum Gasteiger partial charge on any atom is -0.348 e. The van der Waals surface area contributed by atoms with Crippen LogP contribution in [-0.2, 0) is 24.1 Å². The molecule has 40 heavy (non-hydrogen) atoms. The van der Waals surface area contributed by atoms with E-state index in [1.54, 1.807) is 13.0 Å². The van der Waals surface area contributed by atoms with Gasteiger partial charge in [-0.2, -0.15) is 0 Å². The molecule has 2 saturated heterocycles. The zero-order valence-corrected chi connectivity index (χ0v) is 26.1. The van der Waals surface area contributed by atoms with Gasteiger partial charge in [0.2, 0.25) is 5.91 Å². The van der Waals surface area contributed by atoms with Crippen molar-refractivity contribution in [1.29, 1.82) is 0 Å². The molecule has 0 bridgehead atoms. The second-order valence-corrected chi connectivity index (χ2v) is 14.6. The maximum absolute atomic E-state index is 14.7. The molecule has 0 N–H and O–H groups in total. The lowest BCUT2D eigenvalue weighted by Crippen LogP contribution is -2.56. The van der Waals surface area contributed by atoms with Crippen LogP contribution in [0.3, 0.4) is 0 Å². The number of amides is 1. The highest BCUT2D eigenvalue weighted by Crippen LogP contribution is 2.53. The second kappa shape index (κ2) is 12.1. The molecule has 2 unspecified atom stereocenters. The topological polar surface area (TPSA) is 72.9 Å². The fourth-order valence-corrected chi connectivity index (χ4v) is 6.97. The summed E-state index contributed by atoms with van der Waals surface area (Å²) in [7, 11) is -3.39. The largest absolute Gasteiger partial charge is 0.348 e. The standard InChI is InChI=1S/C31H39Cl2NO5S/c1-6-25(15-16-40(36,37)7-2)34-28(21-11-13-23(32)14-12-21)27(22-9-8-10-24(33)17-22)19-31(5,29(34)35)18-26-20-38-30(3,4)39-26/h8-17,25-28H,6-7,18-20H2,1-5H3/t25-,26?,27+,28?,31-/m0/s1. The summed E-state index contributed by atoms with van der Waals surface area (Å²) in [5.41, 5.74) is 1.14. The SMILES string of the molecule is CC[C@@H](C=CS(=O)(=O)CC)N1C(=O)[C@@](C)(CC2COC(C)(C)O2)C[C@H](c2cccc(Cl)c2)C1c1ccc(Cl)cc1. The highest BCUT2D eigenvalue weighted by atomic mass is 35.5. The minimum atomic E-state index is -3.39. The number of hydrogen-bond donors (Lipinski definition) is 0. The number of halogens is 2. The van der Waals surface area contributed by atoms with Gasteiger partial charge in [0.1, 0.15) is 0 Å². The van der Waals surface area contributed by atoms with Gasteiger partial charge in [0.25, 0.3) is 0 Å². The molecule has 1 amide bonds. The van der Waals surface area contributed by atoms with E-state index in [2.05, 4.69) is 0 Å². The van der Waals surface area contributed by atoms with Crippen LogP contribution in [-0.4, -0.2) is 49.5 Å². The number of sulfone groups is 1. The normalized spacial score (nSPS) is 27.8. The van der Waals surface area contributed by atoms with Gasteiger partial charge in [-0.25, -0.2) is 8.42 Å². The Morgan fingerprint density at radius 2 is 1.75 bits per heavy atom. The van der Waals surface area contributed by atoms with Gasteiger partial charge in [0.15, 0.2) is 15.6 Å². The Labute approximate surface area is 248 Å². The van der Waals surface area contributed by atoms with E-state index in [4.69, 9.17) is 32.7 Å². The van der Waals surface area contributed by atoms with Crippen LogP contribution in [0.4, 0.5) is 0 Å². The van der Waals surface area contributed by atoms with E-state index >= 15 is 0 Å². The first kappa shape index (κ1) is 31.0. The van der Waals surface area contributed by atoms with E-state index in [9.17, 15) is 13.2 Å². The van der Waals surface area contributed by atoms with E-state index in [0.29, 0.717) is 35.9 Å². The number of rotatable bonds is 9. The number of benzene rings is 2. The van der Waals surface area contributed by atoms with Crippen LogP contribution in [0, 0.1) is 5.41 Å². The van der Waals surface area contributed by atoms with Crippen LogP contribution < -0.4 is 0 Å². The van der Waals surface area contributed by atoms with E-state index in [0.717, 1.165) is 11.1 Å². The highest BCUT2D eigenvalue weighted by Gasteiger charge is 2.53. The number of nitrogens with zero attached hydrogens (tertiary/aromatic N) is 1. The van der Waals surface area contributed by atoms with E-state index < -0.39 is 27.1 Å². The van der Waals surface area contributed by atoms with Gasteiger partial charge in [-0.05, 0) is 68.5 Å². The summed E-state index contributed by atoms with van der Waals surface area (Å²) in [4.78, 5) is 16.6. The van der Waals surface area contributed by atoms with Crippen molar-refractivity contribution in [3.8, 4) is 0 Å². The molecule has 0 saturated carbocycles. The molecule has 0 spiro atoms. The number of ether oxygens (including phenoxy) is 2. The molecule has 2 aliphatic rings. The lowest BCUT2D eigenvalue weighted by molar-refractivity contribution is -0.161. The third-order valence-corrected chi connectivity index (χ3v) is 9.89. The molecule has 0 radical (unpaired) electrons. The number of likely N-dealkylation sites (tertiary alicyclic amines) is 1. The van der Waals surface area contributed by atoms with E-state index in [1.165, 1.54) is 5.41 Å². The second-order valence-electron chi connectivity index (χ2n) is 11.5. The zero-order chi connectivity index (χ0) is 29.3. The fraction of sp³-hybridized carbons (Fsp3) is 0.516. The van der Waals surface area contributed by atoms with Crippen molar-refractivity contribution in [3.63, 3.8) is 0 Å². The molecule has 2 aliphatic heterocycles. The molecule has 2 fully saturated rings. The molecular formula is C31H39Cl2NO5S. The van der Waals surface area contributed by atoms with Crippen LogP contribution in [0.25, 0.3) is 0 Å². The highest BCUT2D eigenvalue weighted by molar-refractivity contribution is 7.94. The Morgan fingerprint density at radius 1 is 1.05 bits per heavy atom. The molecular weight excluding hydrogens is 569 g/mol. The first-order chi connectivity index (χ1) is 18.8. The molecule has 2 aromatic rings. The van der Waals surface area contributed by atoms with Crippen LogP contribution in [0.5, 0.6) is 0 Å². The van der Waals surface area contributed by atoms with Crippen molar-refractivity contribution in [3.05, 3.63) is 81.2 Å². The van der Waals surface area contributed by atoms with Gasteiger partial charge in [0.05, 0.1) is 30.5 Å². The van der Waals surface area contributed by atoms with Gasteiger partial charge < -0.3 is 14.4 Å². The molecule has 0 aliphatic carbocycles. The third kappa shape index (κ3) is 6.93. The van der Waals surface area contributed by atoms with Crippen LogP contribution in [0.15, 0.2) is 60.0 Å². The first-order valence-corrected chi connectivity index (χ1v) is 16.3. The minimum absolute atomic E-state index is 0.00779. The van der Waals surface area contributed by atoms with Gasteiger partial charge in [0, 0.05) is 26.8 Å². The zero-order valence-electron chi connectivity index (χ0n) is 23.8. The summed E-state index contributed by atoms with van der Waals surface area (Å²) in [6.07, 6.45) is 3.00. The molecule has 2 aromatic carbocycles. The summed E-state index contributed by atoms with van der Waals surface area (Å²) < 4.78 is 36.9. The van der Waals surface area contributed by atoms with E-state index in [1.807, 2.05) is 81.1 Å². The summed E-state index contributed by atoms with van der Waals surface area (Å²) in [5, 5.41) is 2.47. The molecule has 2 heterocycles. The summed E-state index contributed by atoms with van der Waals surface area (Å²) in [5.74, 6) is -0.876. The lowest BCUT2D eigenvalue weighted by Gasteiger charge is -2.52. The number of hydrogen-bond acceptors (Lipinski definition) is 5.